The van der Waals surface area contributed by atoms with Crippen molar-refractivity contribution >= 4 is 49.8 Å². The summed E-state index contributed by atoms with van der Waals surface area (Å²) in [6.07, 6.45) is 0. The van der Waals surface area contributed by atoms with Crippen LogP contribution in [0.2, 0.25) is 90.7 Å². The van der Waals surface area contributed by atoms with Gasteiger partial charge in [-0.05, 0) is 0 Å². The summed E-state index contributed by atoms with van der Waals surface area (Å²) in [6, 6.07) is 3.68. The van der Waals surface area contributed by atoms with Crippen LogP contribution in [0.5, 0.6) is 0 Å². The SMILES string of the molecule is C[Si](C)(C)[Si@@]12CC[Si@@]([Si](C)(C)C)([Si](C)(C)[Si]1(C)C)[Si]2(C)C. The second-order valence-electron chi connectivity index (χ2n) is 11.7. The van der Waals surface area contributed by atoms with Crippen LogP contribution >= 0.6 is 0 Å². The maximum Gasteiger partial charge on any atom is 0.0331 e. The zero-order valence-corrected chi connectivity index (χ0v) is 23.9. The third-order valence-corrected chi connectivity index (χ3v) is 202. The van der Waals surface area contributed by atoms with E-state index in [-0.39, 0.29) is 0 Å². The summed E-state index contributed by atoms with van der Waals surface area (Å²) in [7, 11) is -4.79. The van der Waals surface area contributed by atoms with Gasteiger partial charge in [0.15, 0.2) is 0 Å². The summed E-state index contributed by atoms with van der Waals surface area (Å²) < 4.78 is 0. The third kappa shape index (κ3) is 1.60. The lowest BCUT2D eigenvalue weighted by molar-refractivity contribution is 1.39. The molecule has 2 fully saturated rings. The van der Waals surface area contributed by atoms with Crippen LogP contribution in [-0.4, -0.2) is 49.8 Å². The first kappa shape index (κ1) is 18.9. The molecule has 0 N–H and O–H groups in total. The maximum absolute atomic E-state index is 3.01. The van der Waals surface area contributed by atoms with E-state index >= 15 is 0 Å². The van der Waals surface area contributed by atoms with Gasteiger partial charge in [0.2, 0.25) is 0 Å². The van der Waals surface area contributed by atoms with E-state index in [4.69, 9.17) is 0 Å². The highest BCUT2D eigenvalue weighted by Crippen LogP contribution is 2.65. The van der Waals surface area contributed by atoms with Gasteiger partial charge in [-0.1, -0.05) is 90.7 Å². The molecule has 0 nitrogen and oxygen atoms in total. The van der Waals surface area contributed by atoms with E-state index in [2.05, 4.69) is 78.6 Å². The molecule has 0 radical (unpaired) electrons. The van der Waals surface area contributed by atoms with Gasteiger partial charge in [0.1, 0.15) is 0 Å². The molecule has 0 aromatic heterocycles. The van der Waals surface area contributed by atoms with Gasteiger partial charge in [-0.15, -0.1) is 0 Å². The van der Waals surface area contributed by atoms with Crippen molar-refractivity contribution in [2.75, 3.05) is 0 Å². The van der Waals surface area contributed by atoms with Crippen molar-refractivity contribution in [1.29, 1.82) is 0 Å². The molecule has 7 heteroatoms. The minimum absolute atomic E-state index is 0.932. The van der Waals surface area contributed by atoms with Crippen LogP contribution in [0.25, 0.3) is 0 Å². The van der Waals surface area contributed by atoms with Gasteiger partial charge in [-0.25, -0.2) is 0 Å². The van der Waals surface area contributed by atoms with Crippen LogP contribution in [0.15, 0.2) is 0 Å². The Kier molecular flexibility index (Phi) is 3.92. The molecule has 0 amide bonds. The Balaban J connectivity index is 2.92. The number of hydrogen-bond acceptors (Lipinski definition) is 0. The zero-order chi connectivity index (χ0) is 16.9. The molecule has 0 unspecified atom stereocenters. The minimum Gasteiger partial charge on any atom is -0.0739 e. The lowest BCUT2D eigenvalue weighted by Crippen LogP contribution is -2.82. The zero-order valence-electron chi connectivity index (χ0n) is 16.9. The summed E-state index contributed by atoms with van der Waals surface area (Å²) in [4.78, 5) is 0. The van der Waals surface area contributed by atoms with Crippen molar-refractivity contribution in [2.45, 2.75) is 90.7 Å². The maximum atomic E-state index is 3.01. The Labute approximate surface area is 140 Å². The topological polar surface area (TPSA) is 0 Å². The van der Waals surface area contributed by atoms with Crippen molar-refractivity contribution in [3.63, 3.8) is 0 Å². The molecule has 2 rings (SSSR count). The Morgan fingerprint density at radius 1 is 0.476 bits per heavy atom. The van der Waals surface area contributed by atoms with Gasteiger partial charge in [0, 0.05) is 49.8 Å². The molecule has 2 bridgehead atoms. The van der Waals surface area contributed by atoms with Gasteiger partial charge >= 0.3 is 0 Å². The summed E-state index contributed by atoms with van der Waals surface area (Å²) in [5.74, 6) is 0. The van der Waals surface area contributed by atoms with E-state index in [1.54, 1.807) is 0 Å². The minimum atomic E-state index is -0.964. The highest BCUT2D eigenvalue weighted by atomic mass is 30.4. The fourth-order valence-electron chi connectivity index (χ4n) is 9.12. The van der Waals surface area contributed by atoms with E-state index in [0.29, 0.717) is 0 Å². The van der Waals surface area contributed by atoms with E-state index < -0.39 is 49.8 Å². The predicted octanol–water partition coefficient (Wildman–Crippen LogP) is 5.26. The van der Waals surface area contributed by atoms with Gasteiger partial charge in [-0.3, -0.25) is 0 Å². The average molecular weight is 405 g/mol. The van der Waals surface area contributed by atoms with E-state index in [1.165, 1.54) is 0 Å². The molecular weight excluding hydrogens is 365 g/mol. The van der Waals surface area contributed by atoms with Crippen LogP contribution in [-0.2, 0) is 0 Å². The molecule has 0 saturated carbocycles. The van der Waals surface area contributed by atoms with Crippen molar-refractivity contribution in [2.24, 2.45) is 0 Å². The smallest absolute Gasteiger partial charge is 0.0331 e. The Morgan fingerprint density at radius 3 is 0.857 bits per heavy atom. The largest absolute Gasteiger partial charge is 0.0739 e. The molecule has 0 aromatic rings. The molecule has 2 aliphatic heterocycles. The van der Waals surface area contributed by atoms with Gasteiger partial charge in [0.05, 0.1) is 0 Å². The summed E-state index contributed by atoms with van der Waals surface area (Å²) in [5.41, 5.74) is 0. The standard InChI is InChI=1S/C14H40Si7/c1-15(2,3)20-13-14-21(16(4,5)6,19(20,11)12)18(9,10)17(20,7)8/h13-14H2,1-12H3/t20-,21+. The normalized spacial score (nSPS) is 40.6. The molecule has 2 heterocycles. The first-order chi connectivity index (χ1) is 8.96. The summed E-state index contributed by atoms with van der Waals surface area (Å²) in [5, 5.41) is 0. The van der Waals surface area contributed by atoms with Crippen LogP contribution in [0, 0.1) is 0 Å². The highest BCUT2D eigenvalue weighted by molar-refractivity contribution is 8.28. The number of fused-ring (bicyclic) bond motifs is 2. The monoisotopic (exact) mass is 404 g/mol. The van der Waals surface area contributed by atoms with Gasteiger partial charge in [-0.2, -0.15) is 0 Å². The Bertz CT molecular complexity index is 427. The molecule has 0 spiro atoms. The van der Waals surface area contributed by atoms with Gasteiger partial charge < -0.3 is 0 Å². The molecular formula is C14H40Si7. The second-order valence-corrected chi connectivity index (χ2v) is 95.4. The average Bonchev–Trinajstić information content (AvgIpc) is 2.47. The Hall–Kier alpha value is 1.52. The molecule has 2 aliphatic rings. The van der Waals surface area contributed by atoms with Crippen LogP contribution < -0.4 is 0 Å². The fraction of sp³-hybridized carbons (Fsp3) is 1.00. The molecule has 2 saturated heterocycles. The number of rotatable bonds is 2. The predicted molar refractivity (Wildman–Crippen MR) is 120 cm³/mol. The van der Waals surface area contributed by atoms with Crippen molar-refractivity contribution in [3.05, 3.63) is 0 Å². The van der Waals surface area contributed by atoms with Crippen molar-refractivity contribution in [1.82, 2.24) is 0 Å². The summed E-state index contributed by atoms with van der Waals surface area (Å²) in [6.45, 7) is 33.0. The first-order valence-electron chi connectivity index (χ1n) is 8.96. The van der Waals surface area contributed by atoms with Crippen molar-refractivity contribution in [3.8, 4) is 0 Å². The fourth-order valence-corrected chi connectivity index (χ4v) is 391. The quantitative estimate of drug-likeness (QED) is 0.550. The Morgan fingerprint density at radius 2 is 0.714 bits per heavy atom. The van der Waals surface area contributed by atoms with E-state index in [9.17, 15) is 0 Å². The first-order valence-corrected chi connectivity index (χ1v) is 36.4. The lowest BCUT2D eigenvalue weighted by Gasteiger charge is -2.58. The second kappa shape index (κ2) is 4.37. The number of hydrogen-bond donors (Lipinski definition) is 0. The molecule has 124 valence electrons. The molecule has 0 aliphatic carbocycles. The lowest BCUT2D eigenvalue weighted by atomic mass is 11.0. The van der Waals surface area contributed by atoms with Gasteiger partial charge in [0.25, 0.3) is 0 Å². The third-order valence-electron chi connectivity index (χ3n) is 9.27. The van der Waals surface area contributed by atoms with E-state index in [0.717, 1.165) is 0 Å². The molecule has 21 heavy (non-hydrogen) atoms. The van der Waals surface area contributed by atoms with Crippen molar-refractivity contribution < 1.29 is 0 Å². The van der Waals surface area contributed by atoms with Crippen LogP contribution in [0.3, 0.4) is 0 Å². The van der Waals surface area contributed by atoms with Crippen LogP contribution in [0.1, 0.15) is 0 Å². The molecule has 2 atom stereocenters. The highest BCUT2D eigenvalue weighted by Gasteiger charge is 2.89. The summed E-state index contributed by atoms with van der Waals surface area (Å²) >= 11 is 0. The van der Waals surface area contributed by atoms with E-state index in [1.807, 2.05) is 12.1 Å². The molecule has 0 aromatic carbocycles. The van der Waals surface area contributed by atoms with Crippen LogP contribution in [0.4, 0.5) is 0 Å².